The van der Waals surface area contributed by atoms with E-state index in [9.17, 15) is 4.79 Å². The Labute approximate surface area is 133 Å². The maximum atomic E-state index is 12.5. The summed E-state index contributed by atoms with van der Waals surface area (Å²) in [4.78, 5) is 14.4. The minimum Gasteiger partial charge on any atom is -0.378 e. The SMILES string of the molecule is C[C@@H](CC[C@H]1CCCO1)NC(=O)N1CCOC2(CCCC2)C1. The number of nitrogens with zero attached hydrogens (tertiary/aromatic N) is 1. The Morgan fingerprint density at radius 1 is 1.32 bits per heavy atom. The summed E-state index contributed by atoms with van der Waals surface area (Å²) in [7, 11) is 0. The quantitative estimate of drug-likeness (QED) is 0.868. The van der Waals surface area contributed by atoms with Crippen molar-refractivity contribution in [3.63, 3.8) is 0 Å². The summed E-state index contributed by atoms with van der Waals surface area (Å²) in [6, 6.07) is 0.286. The van der Waals surface area contributed by atoms with Gasteiger partial charge in [-0.3, -0.25) is 0 Å². The topological polar surface area (TPSA) is 50.8 Å². The molecule has 3 aliphatic rings. The molecule has 3 fully saturated rings. The van der Waals surface area contributed by atoms with Crippen LogP contribution in [0.15, 0.2) is 0 Å². The smallest absolute Gasteiger partial charge is 0.317 e. The molecule has 2 aliphatic heterocycles. The fourth-order valence-electron chi connectivity index (χ4n) is 4.02. The standard InChI is InChI=1S/C17H30N2O3/c1-14(6-7-15-5-4-11-21-15)18-16(20)19-10-12-22-17(13-19)8-2-3-9-17/h14-15H,2-13H2,1H3,(H,18,20)/t14-,15+/m0/s1. The van der Waals surface area contributed by atoms with Gasteiger partial charge in [-0.2, -0.15) is 0 Å². The van der Waals surface area contributed by atoms with Crippen molar-refractivity contribution in [3.05, 3.63) is 0 Å². The van der Waals surface area contributed by atoms with Gasteiger partial charge >= 0.3 is 6.03 Å². The zero-order valence-corrected chi connectivity index (χ0v) is 13.8. The zero-order chi connectivity index (χ0) is 15.4. The first-order valence-corrected chi connectivity index (χ1v) is 8.98. The largest absolute Gasteiger partial charge is 0.378 e. The third-order valence-corrected chi connectivity index (χ3v) is 5.37. The molecule has 1 spiro atoms. The summed E-state index contributed by atoms with van der Waals surface area (Å²) in [6.45, 7) is 5.15. The maximum absolute atomic E-state index is 12.5. The highest BCUT2D eigenvalue weighted by Gasteiger charge is 2.40. The number of rotatable bonds is 4. The van der Waals surface area contributed by atoms with Crippen LogP contribution in [0.25, 0.3) is 0 Å². The Hall–Kier alpha value is -0.810. The predicted molar refractivity (Wildman–Crippen MR) is 84.9 cm³/mol. The van der Waals surface area contributed by atoms with Crippen LogP contribution < -0.4 is 5.32 Å². The molecule has 5 nitrogen and oxygen atoms in total. The molecular weight excluding hydrogens is 280 g/mol. The van der Waals surface area contributed by atoms with Crippen LogP contribution in [0.1, 0.15) is 58.3 Å². The van der Waals surface area contributed by atoms with Crippen molar-refractivity contribution in [1.82, 2.24) is 10.2 Å². The fraction of sp³-hybridized carbons (Fsp3) is 0.941. The summed E-state index contributed by atoms with van der Waals surface area (Å²) in [5.41, 5.74) is -0.0451. The van der Waals surface area contributed by atoms with E-state index in [1.54, 1.807) is 0 Å². The summed E-state index contributed by atoms with van der Waals surface area (Å²) in [5, 5.41) is 3.16. The Balaban J connectivity index is 1.42. The molecule has 0 radical (unpaired) electrons. The lowest BCUT2D eigenvalue weighted by Gasteiger charge is -2.40. The van der Waals surface area contributed by atoms with Crippen LogP contribution in [-0.4, -0.2) is 55.0 Å². The molecule has 2 saturated heterocycles. The second kappa shape index (κ2) is 7.18. The summed E-state index contributed by atoms with van der Waals surface area (Å²) < 4.78 is 11.6. The Morgan fingerprint density at radius 2 is 2.14 bits per heavy atom. The van der Waals surface area contributed by atoms with Crippen molar-refractivity contribution < 1.29 is 14.3 Å². The predicted octanol–water partition coefficient (Wildman–Crippen LogP) is 2.69. The second-order valence-electron chi connectivity index (χ2n) is 7.22. The van der Waals surface area contributed by atoms with Crippen molar-refractivity contribution in [2.45, 2.75) is 76.0 Å². The number of carbonyl (C=O) groups excluding carboxylic acids is 1. The average Bonchev–Trinajstić information content (AvgIpc) is 3.17. The van der Waals surface area contributed by atoms with Crippen LogP contribution in [0.2, 0.25) is 0 Å². The first-order chi connectivity index (χ1) is 10.7. The van der Waals surface area contributed by atoms with Gasteiger partial charge < -0.3 is 19.7 Å². The van der Waals surface area contributed by atoms with Gasteiger partial charge in [-0.05, 0) is 45.4 Å². The summed E-state index contributed by atoms with van der Waals surface area (Å²) in [5.74, 6) is 0. The lowest BCUT2D eigenvalue weighted by molar-refractivity contribution is -0.0927. The van der Waals surface area contributed by atoms with Gasteiger partial charge in [-0.25, -0.2) is 4.79 Å². The summed E-state index contributed by atoms with van der Waals surface area (Å²) >= 11 is 0. The molecule has 0 bridgehead atoms. The monoisotopic (exact) mass is 310 g/mol. The molecule has 22 heavy (non-hydrogen) atoms. The molecule has 0 aromatic heterocycles. The number of carbonyl (C=O) groups is 1. The number of nitrogens with one attached hydrogen (secondary N) is 1. The number of morpholine rings is 1. The van der Waals surface area contributed by atoms with E-state index in [1.807, 2.05) is 4.90 Å². The van der Waals surface area contributed by atoms with Gasteiger partial charge in [-0.15, -0.1) is 0 Å². The molecule has 126 valence electrons. The molecule has 3 rings (SSSR count). The van der Waals surface area contributed by atoms with Gasteiger partial charge in [-0.1, -0.05) is 12.8 Å². The minimum absolute atomic E-state index is 0.0451. The molecule has 1 saturated carbocycles. The van der Waals surface area contributed by atoms with Crippen LogP contribution in [0, 0.1) is 0 Å². The van der Waals surface area contributed by atoms with E-state index in [0.717, 1.165) is 38.8 Å². The highest BCUT2D eigenvalue weighted by Crippen LogP contribution is 2.35. The van der Waals surface area contributed by atoms with Gasteiger partial charge in [0.15, 0.2) is 0 Å². The van der Waals surface area contributed by atoms with Crippen molar-refractivity contribution in [2.24, 2.45) is 0 Å². The minimum atomic E-state index is -0.0451. The molecule has 0 aromatic carbocycles. The molecule has 2 amide bonds. The van der Waals surface area contributed by atoms with Crippen LogP contribution in [0.3, 0.4) is 0 Å². The third kappa shape index (κ3) is 3.93. The lowest BCUT2D eigenvalue weighted by atomic mass is 10.00. The van der Waals surface area contributed by atoms with Crippen LogP contribution in [0.5, 0.6) is 0 Å². The first-order valence-electron chi connectivity index (χ1n) is 8.98. The van der Waals surface area contributed by atoms with E-state index >= 15 is 0 Å². The molecule has 1 aliphatic carbocycles. The Morgan fingerprint density at radius 3 is 2.86 bits per heavy atom. The third-order valence-electron chi connectivity index (χ3n) is 5.37. The van der Waals surface area contributed by atoms with Crippen molar-refractivity contribution in [2.75, 3.05) is 26.3 Å². The molecule has 2 heterocycles. The van der Waals surface area contributed by atoms with Crippen LogP contribution in [-0.2, 0) is 9.47 Å². The molecule has 5 heteroatoms. The van der Waals surface area contributed by atoms with E-state index in [0.29, 0.717) is 19.3 Å². The van der Waals surface area contributed by atoms with Gasteiger partial charge in [0.1, 0.15) is 0 Å². The first kappa shape index (κ1) is 16.1. The molecule has 0 unspecified atom stereocenters. The zero-order valence-electron chi connectivity index (χ0n) is 13.8. The van der Waals surface area contributed by atoms with Gasteiger partial charge in [0, 0.05) is 19.2 Å². The van der Waals surface area contributed by atoms with E-state index in [2.05, 4.69) is 12.2 Å². The van der Waals surface area contributed by atoms with Crippen molar-refractivity contribution in [3.8, 4) is 0 Å². The lowest BCUT2D eigenvalue weighted by Crippen LogP contribution is -2.55. The van der Waals surface area contributed by atoms with Gasteiger partial charge in [0.25, 0.3) is 0 Å². The Bertz CT molecular complexity index is 376. The number of hydrogen-bond acceptors (Lipinski definition) is 3. The maximum Gasteiger partial charge on any atom is 0.317 e. The van der Waals surface area contributed by atoms with Crippen LogP contribution in [0.4, 0.5) is 4.79 Å². The van der Waals surface area contributed by atoms with Gasteiger partial charge in [0.05, 0.1) is 24.9 Å². The van der Waals surface area contributed by atoms with E-state index in [-0.39, 0.29) is 17.7 Å². The highest BCUT2D eigenvalue weighted by atomic mass is 16.5. The molecule has 0 aromatic rings. The van der Waals surface area contributed by atoms with Crippen molar-refractivity contribution >= 4 is 6.03 Å². The highest BCUT2D eigenvalue weighted by molar-refractivity contribution is 5.74. The molecular formula is C17H30N2O3. The second-order valence-corrected chi connectivity index (χ2v) is 7.22. The Kier molecular flexibility index (Phi) is 5.24. The summed E-state index contributed by atoms with van der Waals surface area (Å²) in [6.07, 6.45) is 9.47. The van der Waals surface area contributed by atoms with Crippen molar-refractivity contribution in [1.29, 1.82) is 0 Å². The fourth-order valence-corrected chi connectivity index (χ4v) is 4.02. The normalized spacial score (nSPS) is 29.0. The average molecular weight is 310 g/mol. The molecule has 2 atom stereocenters. The van der Waals surface area contributed by atoms with Gasteiger partial charge in [0.2, 0.25) is 0 Å². The van der Waals surface area contributed by atoms with Crippen LogP contribution >= 0.6 is 0 Å². The number of hydrogen-bond donors (Lipinski definition) is 1. The van der Waals surface area contributed by atoms with E-state index in [4.69, 9.17) is 9.47 Å². The number of amides is 2. The number of ether oxygens (including phenoxy) is 2. The van der Waals surface area contributed by atoms with E-state index < -0.39 is 0 Å². The molecule has 1 N–H and O–H groups in total. The number of urea groups is 1. The van der Waals surface area contributed by atoms with E-state index in [1.165, 1.54) is 25.7 Å².